The quantitative estimate of drug-likeness (QED) is 0.592. The summed E-state index contributed by atoms with van der Waals surface area (Å²) >= 11 is 0. The Balaban J connectivity index is 3.64. The van der Waals surface area contributed by atoms with Crippen molar-refractivity contribution >= 4 is 5.91 Å². The molecular formula is C8H18N2O. The van der Waals surface area contributed by atoms with Gasteiger partial charge in [-0.05, 0) is 20.5 Å². The summed E-state index contributed by atoms with van der Waals surface area (Å²) < 4.78 is 0. The number of hydrogen-bond donors (Lipinski definition) is 0. The van der Waals surface area contributed by atoms with E-state index in [0.717, 1.165) is 13.0 Å². The van der Waals surface area contributed by atoms with E-state index in [1.807, 2.05) is 26.0 Å². The van der Waals surface area contributed by atoms with Crippen LogP contribution in [0, 0.1) is 0 Å². The molecule has 0 rings (SSSR count). The van der Waals surface area contributed by atoms with E-state index in [9.17, 15) is 4.79 Å². The van der Waals surface area contributed by atoms with Crippen LogP contribution >= 0.6 is 0 Å². The van der Waals surface area contributed by atoms with E-state index in [1.165, 1.54) is 0 Å². The lowest BCUT2D eigenvalue weighted by molar-refractivity contribution is -0.130. The van der Waals surface area contributed by atoms with Crippen molar-refractivity contribution in [3.63, 3.8) is 0 Å². The third kappa shape index (κ3) is 4.79. The molecule has 0 atom stereocenters. The van der Waals surface area contributed by atoms with E-state index in [4.69, 9.17) is 0 Å². The molecule has 0 spiro atoms. The van der Waals surface area contributed by atoms with Crippen molar-refractivity contribution in [2.45, 2.75) is 13.3 Å². The molecule has 0 saturated carbocycles. The van der Waals surface area contributed by atoms with E-state index in [-0.39, 0.29) is 5.91 Å². The highest BCUT2D eigenvalue weighted by Gasteiger charge is 2.07. The fourth-order valence-electron chi connectivity index (χ4n) is 0.851. The van der Waals surface area contributed by atoms with E-state index < -0.39 is 0 Å². The molecular weight excluding hydrogens is 140 g/mol. The van der Waals surface area contributed by atoms with E-state index in [1.54, 1.807) is 4.90 Å². The number of carbonyl (C=O) groups excluding carboxylic acids is 1. The molecule has 0 N–H and O–H groups in total. The molecule has 1 amide bonds. The third-order valence-corrected chi connectivity index (χ3v) is 1.44. The number of amides is 1. The second kappa shape index (κ2) is 5.13. The van der Waals surface area contributed by atoms with Crippen LogP contribution in [0.1, 0.15) is 13.3 Å². The van der Waals surface area contributed by atoms with Crippen molar-refractivity contribution in [2.24, 2.45) is 0 Å². The molecule has 0 aromatic carbocycles. The lowest BCUT2D eigenvalue weighted by Crippen LogP contribution is -2.35. The highest BCUT2D eigenvalue weighted by molar-refractivity contribution is 5.77. The summed E-state index contributed by atoms with van der Waals surface area (Å²) in [4.78, 5) is 14.9. The van der Waals surface area contributed by atoms with Gasteiger partial charge < -0.3 is 9.80 Å². The molecule has 0 saturated heterocycles. The molecule has 0 radical (unpaired) electrons. The fraction of sp³-hybridized carbons (Fsp3) is 0.875. The number of carbonyl (C=O) groups is 1. The predicted molar refractivity (Wildman–Crippen MR) is 46.5 cm³/mol. The molecule has 3 nitrogen and oxygen atoms in total. The van der Waals surface area contributed by atoms with Crippen molar-refractivity contribution < 1.29 is 4.79 Å². The van der Waals surface area contributed by atoms with Crippen LogP contribution < -0.4 is 0 Å². The Morgan fingerprint density at radius 3 is 2.18 bits per heavy atom. The van der Waals surface area contributed by atoms with E-state index >= 15 is 0 Å². The van der Waals surface area contributed by atoms with Crippen LogP contribution in [0.25, 0.3) is 0 Å². The molecule has 0 aliphatic heterocycles. The Bertz CT molecular complexity index is 123. The van der Waals surface area contributed by atoms with Gasteiger partial charge >= 0.3 is 0 Å². The topological polar surface area (TPSA) is 23.6 Å². The van der Waals surface area contributed by atoms with Crippen LogP contribution in [0.3, 0.4) is 0 Å². The van der Waals surface area contributed by atoms with Gasteiger partial charge in [-0.3, -0.25) is 4.79 Å². The summed E-state index contributed by atoms with van der Waals surface area (Å²) in [5.74, 6) is 0.192. The minimum absolute atomic E-state index is 0.192. The monoisotopic (exact) mass is 158 g/mol. The van der Waals surface area contributed by atoms with Gasteiger partial charge in [0.1, 0.15) is 0 Å². The van der Waals surface area contributed by atoms with Crippen LogP contribution in [0.2, 0.25) is 0 Å². The first-order valence-electron chi connectivity index (χ1n) is 3.96. The normalized spacial score (nSPS) is 10.3. The van der Waals surface area contributed by atoms with E-state index in [2.05, 4.69) is 6.92 Å². The van der Waals surface area contributed by atoms with Gasteiger partial charge in [0.25, 0.3) is 0 Å². The van der Waals surface area contributed by atoms with E-state index in [0.29, 0.717) is 6.54 Å². The molecule has 66 valence electrons. The minimum Gasteiger partial charge on any atom is -0.345 e. The summed E-state index contributed by atoms with van der Waals surface area (Å²) in [6.45, 7) is 3.43. The van der Waals surface area contributed by atoms with Crippen molar-refractivity contribution in [1.29, 1.82) is 0 Å². The van der Waals surface area contributed by atoms with Crippen LogP contribution in [0.5, 0.6) is 0 Å². The lowest BCUT2D eigenvalue weighted by Gasteiger charge is -2.18. The zero-order valence-electron chi connectivity index (χ0n) is 7.92. The Hall–Kier alpha value is -0.570. The average molecular weight is 158 g/mol. The molecule has 11 heavy (non-hydrogen) atoms. The first kappa shape index (κ1) is 10.4. The summed E-state index contributed by atoms with van der Waals surface area (Å²) in [5, 5.41) is 0. The van der Waals surface area contributed by atoms with Gasteiger partial charge in [-0.15, -0.1) is 0 Å². The first-order chi connectivity index (χ1) is 5.07. The molecule has 0 bridgehead atoms. The largest absolute Gasteiger partial charge is 0.345 e. The van der Waals surface area contributed by atoms with Crippen LogP contribution in [-0.2, 0) is 4.79 Å². The van der Waals surface area contributed by atoms with Gasteiger partial charge in [0, 0.05) is 13.6 Å². The molecule has 3 heteroatoms. The Kier molecular flexibility index (Phi) is 4.86. The molecule has 0 aromatic heterocycles. The van der Waals surface area contributed by atoms with Gasteiger partial charge in [0.05, 0.1) is 6.54 Å². The maximum atomic E-state index is 11.2. The number of likely N-dealkylation sites (N-methyl/N-ethyl adjacent to an activating group) is 2. The standard InChI is InChI=1S/C8H18N2O/c1-5-6-10(4)8(11)7-9(2)3/h5-7H2,1-4H3. The van der Waals surface area contributed by atoms with Gasteiger partial charge in [-0.25, -0.2) is 0 Å². The molecule has 0 aliphatic rings. The SMILES string of the molecule is CCCN(C)C(=O)CN(C)C. The van der Waals surface area contributed by atoms with Crippen molar-refractivity contribution in [1.82, 2.24) is 9.80 Å². The highest BCUT2D eigenvalue weighted by Crippen LogP contribution is 1.88. The number of rotatable bonds is 4. The van der Waals surface area contributed by atoms with Gasteiger partial charge in [0.15, 0.2) is 0 Å². The average Bonchev–Trinajstić information content (AvgIpc) is 1.86. The molecule has 0 fully saturated rings. The third-order valence-electron chi connectivity index (χ3n) is 1.44. The zero-order chi connectivity index (χ0) is 8.85. The molecule has 0 heterocycles. The fourth-order valence-corrected chi connectivity index (χ4v) is 0.851. The van der Waals surface area contributed by atoms with Gasteiger partial charge in [-0.2, -0.15) is 0 Å². The summed E-state index contributed by atoms with van der Waals surface area (Å²) in [5.41, 5.74) is 0. The number of hydrogen-bond acceptors (Lipinski definition) is 2. The first-order valence-corrected chi connectivity index (χ1v) is 3.96. The van der Waals surface area contributed by atoms with Crippen LogP contribution in [0.4, 0.5) is 0 Å². The van der Waals surface area contributed by atoms with Crippen LogP contribution in [-0.4, -0.2) is 49.9 Å². The summed E-state index contributed by atoms with van der Waals surface area (Å²) in [6.07, 6.45) is 1.02. The Morgan fingerprint density at radius 2 is 1.82 bits per heavy atom. The summed E-state index contributed by atoms with van der Waals surface area (Å²) in [7, 11) is 5.64. The molecule has 0 aliphatic carbocycles. The van der Waals surface area contributed by atoms with Crippen LogP contribution in [0.15, 0.2) is 0 Å². The van der Waals surface area contributed by atoms with Crippen molar-refractivity contribution in [3.8, 4) is 0 Å². The van der Waals surface area contributed by atoms with Crippen molar-refractivity contribution in [2.75, 3.05) is 34.2 Å². The number of nitrogens with zero attached hydrogens (tertiary/aromatic N) is 2. The Morgan fingerprint density at radius 1 is 1.27 bits per heavy atom. The minimum atomic E-state index is 0.192. The molecule has 0 aromatic rings. The second-order valence-electron chi connectivity index (χ2n) is 3.05. The lowest BCUT2D eigenvalue weighted by atomic mass is 10.4. The summed E-state index contributed by atoms with van der Waals surface area (Å²) in [6, 6.07) is 0. The smallest absolute Gasteiger partial charge is 0.236 e. The second-order valence-corrected chi connectivity index (χ2v) is 3.05. The molecule has 0 unspecified atom stereocenters. The zero-order valence-corrected chi connectivity index (χ0v) is 7.92. The predicted octanol–water partition coefficient (Wildman–Crippen LogP) is 0.416. The van der Waals surface area contributed by atoms with Gasteiger partial charge in [-0.1, -0.05) is 6.92 Å². The van der Waals surface area contributed by atoms with Crippen molar-refractivity contribution in [3.05, 3.63) is 0 Å². The maximum Gasteiger partial charge on any atom is 0.236 e. The Labute approximate surface area is 69.0 Å². The highest BCUT2D eigenvalue weighted by atomic mass is 16.2. The maximum absolute atomic E-state index is 11.2. The van der Waals surface area contributed by atoms with Gasteiger partial charge in [0.2, 0.25) is 5.91 Å².